The normalized spacial score (nSPS) is 15.6. The number of halogens is 3. The van der Waals surface area contributed by atoms with Crippen LogP contribution in [0, 0.1) is 0 Å². The molecule has 1 amide bonds. The van der Waals surface area contributed by atoms with Crippen LogP contribution < -0.4 is 20.9 Å². The van der Waals surface area contributed by atoms with Crippen LogP contribution in [0.1, 0.15) is 38.7 Å². The van der Waals surface area contributed by atoms with Crippen molar-refractivity contribution in [1.29, 1.82) is 0 Å². The third-order valence-electron chi connectivity index (χ3n) is 5.44. The summed E-state index contributed by atoms with van der Waals surface area (Å²) < 4.78 is 12.0. The van der Waals surface area contributed by atoms with E-state index in [1.807, 2.05) is 0 Å². The molecule has 0 radical (unpaired) electrons. The monoisotopic (exact) mass is 570 g/mol. The highest BCUT2D eigenvalue weighted by Gasteiger charge is 2.32. The lowest BCUT2D eigenvalue weighted by Crippen LogP contribution is -2.50. The van der Waals surface area contributed by atoms with Crippen molar-refractivity contribution in [3.05, 3.63) is 59.8 Å². The Morgan fingerprint density at radius 2 is 1.86 bits per heavy atom. The molecule has 1 atom stereocenters. The van der Waals surface area contributed by atoms with E-state index in [-0.39, 0.29) is 38.4 Å². The lowest BCUT2D eigenvalue weighted by molar-refractivity contribution is 0.193. The van der Waals surface area contributed by atoms with Gasteiger partial charge in [-0.05, 0) is 39.3 Å². The van der Waals surface area contributed by atoms with Crippen LogP contribution in [0.5, 0.6) is 11.6 Å². The zero-order valence-corrected chi connectivity index (χ0v) is 22.1. The molecule has 0 aliphatic carbocycles. The first-order valence-electron chi connectivity index (χ1n) is 10.9. The van der Waals surface area contributed by atoms with Gasteiger partial charge in [0.25, 0.3) is 5.56 Å². The maximum Gasteiger partial charge on any atom is 0.413 e. The second-order valence-corrected chi connectivity index (χ2v) is 10.3. The van der Waals surface area contributed by atoms with Crippen LogP contribution in [-0.4, -0.2) is 54.9 Å². The van der Waals surface area contributed by atoms with Gasteiger partial charge in [-0.25, -0.2) is 9.59 Å². The number of H-pyrrole nitrogens is 1. The first-order valence-corrected chi connectivity index (χ1v) is 12.0. The number of benzene rings is 1. The van der Waals surface area contributed by atoms with Crippen molar-refractivity contribution in [2.24, 2.45) is 0 Å². The minimum absolute atomic E-state index is 0.0163. The molecule has 12 nitrogen and oxygen atoms in total. The van der Waals surface area contributed by atoms with E-state index in [0.717, 1.165) is 16.0 Å². The molecule has 3 heterocycles. The molecule has 0 bridgehead atoms. The van der Waals surface area contributed by atoms with Crippen molar-refractivity contribution in [2.75, 3.05) is 18.1 Å². The van der Waals surface area contributed by atoms with E-state index in [2.05, 4.69) is 20.3 Å². The number of aromatic nitrogens is 5. The average molecular weight is 572 g/mol. The summed E-state index contributed by atoms with van der Waals surface area (Å²) in [5.74, 6) is -0.347. The molecule has 1 aliphatic heterocycles. The number of aromatic amines is 1. The molecule has 0 spiro atoms. The Morgan fingerprint density at radius 1 is 1.19 bits per heavy atom. The highest BCUT2D eigenvalue weighted by atomic mass is 35.5. The van der Waals surface area contributed by atoms with Gasteiger partial charge in [0, 0.05) is 29.7 Å². The molecule has 4 rings (SSSR count). The fourth-order valence-corrected chi connectivity index (χ4v) is 4.57. The number of hydrogen-bond donors (Lipinski definition) is 2. The van der Waals surface area contributed by atoms with Crippen molar-refractivity contribution < 1.29 is 19.4 Å². The number of carbonyl (C=O) groups is 1. The van der Waals surface area contributed by atoms with E-state index >= 15 is 0 Å². The summed E-state index contributed by atoms with van der Waals surface area (Å²) in [6.07, 6.45) is -0.651. The summed E-state index contributed by atoms with van der Waals surface area (Å²) >= 11 is 19.0. The van der Waals surface area contributed by atoms with Gasteiger partial charge >= 0.3 is 11.8 Å². The molecule has 1 saturated heterocycles. The van der Waals surface area contributed by atoms with E-state index in [1.54, 1.807) is 26.8 Å². The molecular formula is C22H21Cl3N6O6. The van der Waals surface area contributed by atoms with Crippen LogP contribution in [0.4, 0.5) is 10.6 Å². The third-order valence-corrected chi connectivity index (χ3v) is 6.30. The van der Waals surface area contributed by atoms with E-state index in [9.17, 15) is 19.5 Å². The molecule has 15 heteroatoms. The fraction of sp³-hybridized carbons (Fsp3) is 0.364. The molecule has 0 saturated carbocycles. The Hall–Kier alpha value is -3.19. The number of carboxylic acid groups (broad SMARTS) is 1. The van der Waals surface area contributed by atoms with Crippen LogP contribution in [0.3, 0.4) is 0 Å². The summed E-state index contributed by atoms with van der Waals surface area (Å²) in [6.45, 7) is 5.82. The number of hydrogen-bond acceptors (Lipinski definition) is 8. The summed E-state index contributed by atoms with van der Waals surface area (Å²) in [4.78, 5) is 39.6. The molecule has 1 aromatic carbocycles. The standard InChI is InChI=1S/C22H21Cl3N6O6/c1-22(2,3)30(21(34)35)18-19(32)26-20(33)31(29-18)11-6-13(23)16(14(24)7-11)37-15-8-12(17(25)28-27-15)10-4-5-36-9-10/h6-8,10H,4-5,9H2,1-3H3,(H,34,35)(H,26,32,33). The van der Waals surface area contributed by atoms with Crippen molar-refractivity contribution in [3.63, 3.8) is 0 Å². The number of amides is 1. The molecule has 196 valence electrons. The smallest absolute Gasteiger partial charge is 0.413 e. The van der Waals surface area contributed by atoms with Gasteiger partial charge in [-0.3, -0.25) is 14.7 Å². The summed E-state index contributed by atoms with van der Waals surface area (Å²) in [6, 6.07) is 4.26. The lowest BCUT2D eigenvalue weighted by Gasteiger charge is -2.31. The quantitative estimate of drug-likeness (QED) is 0.457. The third kappa shape index (κ3) is 5.57. The largest absolute Gasteiger partial charge is 0.465 e. The Balaban J connectivity index is 1.72. The molecule has 3 aromatic rings. The number of nitrogens with zero attached hydrogens (tertiary/aromatic N) is 5. The zero-order chi connectivity index (χ0) is 27.1. The predicted molar refractivity (Wildman–Crippen MR) is 136 cm³/mol. The molecule has 2 N–H and O–H groups in total. The van der Waals surface area contributed by atoms with E-state index < -0.39 is 28.7 Å². The maximum absolute atomic E-state index is 12.5. The van der Waals surface area contributed by atoms with Crippen molar-refractivity contribution in [3.8, 4) is 17.3 Å². The zero-order valence-electron chi connectivity index (χ0n) is 19.8. The van der Waals surface area contributed by atoms with E-state index in [4.69, 9.17) is 44.3 Å². The average Bonchev–Trinajstić information content (AvgIpc) is 3.32. The van der Waals surface area contributed by atoms with Crippen LogP contribution in [0.2, 0.25) is 15.2 Å². The number of ether oxygens (including phenoxy) is 2. The predicted octanol–water partition coefficient (Wildman–Crippen LogP) is 4.25. The molecule has 2 aromatic heterocycles. The van der Waals surface area contributed by atoms with E-state index in [0.29, 0.717) is 18.8 Å². The number of nitrogens with one attached hydrogen (secondary N) is 1. The van der Waals surface area contributed by atoms with Gasteiger partial charge in [-0.15, -0.1) is 15.3 Å². The fourth-order valence-electron chi connectivity index (χ4n) is 3.77. The van der Waals surface area contributed by atoms with Crippen LogP contribution in [0.15, 0.2) is 27.8 Å². The number of anilines is 1. The van der Waals surface area contributed by atoms with Gasteiger partial charge in [0.1, 0.15) is 0 Å². The van der Waals surface area contributed by atoms with Gasteiger partial charge in [-0.1, -0.05) is 34.8 Å². The summed E-state index contributed by atoms with van der Waals surface area (Å²) in [7, 11) is 0. The first kappa shape index (κ1) is 26.9. The van der Waals surface area contributed by atoms with E-state index in [1.165, 1.54) is 12.1 Å². The topological polar surface area (TPSA) is 153 Å². The van der Waals surface area contributed by atoms with Crippen LogP contribution in [-0.2, 0) is 4.74 Å². The summed E-state index contributed by atoms with van der Waals surface area (Å²) in [5.41, 5.74) is -2.17. The molecule has 37 heavy (non-hydrogen) atoms. The summed E-state index contributed by atoms with van der Waals surface area (Å²) in [5, 5.41) is 21.7. The second kappa shape index (κ2) is 10.3. The Morgan fingerprint density at radius 3 is 2.43 bits per heavy atom. The SMILES string of the molecule is CC(C)(C)N(C(=O)O)c1nn(-c2cc(Cl)c(Oc3cc(C4CCOC4)c(Cl)nn3)c(Cl)c2)c(=O)[nH]c1=O. The lowest BCUT2D eigenvalue weighted by atomic mass is 10.0. The van der Waals surface area contributed by atoms with Gasteiger partial charge < -0.3 is 14.6 Å². The molecule has 1 fully saturated rings. The minimum atomic E-state index is -1.43. The number of rotatable bonds is 5. The van der Waals surface area contributed by atoms with Gasteiger partial charge in [0.2, 0.25) is 11.7 Å². The highest BCUT2D eigenvalue weighted by molar-refractivity contribution is 6.37. The highest BCUT2D eigenvalue weighted by Crippen LogP contribution is 2.39. The van der Waals surface area contributed by atoms with Gasteiger partial charge in [0.05, 0.1) is 22.3 Å². The van der Waals surface area contributed by atoms with Gasteiger partial charge in [-0.2, -0.15) is 4.68 Å². The van der Waals surface area contributed by atoms with Crippen molar-refractivity contribution >= 4 is 46.7 Å². The molecular weight excluding hydrogens is 551 g/mol. The van der Waals surface area contributed by atoms with Crippen molar-refractivity contribution in [1.82, 2.24) is 25.0 Å². The second-order valence-electron chi connectivity index (χ2n) is 9.11. The molecule has 1 aliphatic rings. The van der Waals surface area contributed by atoms with Gasteiger partial charge in [0.15, 0.2) is 10.9 Å². The molecule has 1 unspecified atom stereocenters. The minimum Gasteiger partial charge on any atom is -0.465 e. The Bertz CT molecular complexity index is 1460. The maximum atomic E-state index is 12.5. The van der Waals surface area contributed by atoms with Crippen LogP contribution >= 0.6 is 34.8 Å². The Kier molecular flexibility index (Phi) is 7.47. The van der Waals surface area contributed by atoms with Crippen LogP contribution in [0.25, 0.3) is 5.69 Å². The van der Waals surface area contributed by atoms with Crippen molar-refractivity contribution in [2.45, 2.75) is 38.6 Å². The Labute approximate surface area is 224 Å². The first-order chi connectivity index (χ1) is 17.4.